The number of nitrogens with two attached hydrogens (primary N) is 1. The summed E-state index contributed by atoms with van der Waals surface area (Å²) >= 11 is 0. The zero-order valence-corrected chi connectivity index (χ0v) is 11.3. The van der Waals surface area contributed by atoms with Gasteiger partial charge in [-0.1, -0.05) is 6.07 Å². The molecule has 0 heterocycles. The van der Waals surface area contributed by atoms with Gasteiger partial charge in [0.25, 0.3) is 0 Å². The van der Waals surface area contributed by atoms with Crippen molar-refractivity contribution in [3.63, 3.8) is 0 Å². The fourth-order valence-corrected chi connectivity index (χ4v) is 2.15. The first-order valence-electron chi connectivity index (χ1n) is 6.06. The van der Waals surface area contributed by atoms with Crippen LogP contribution >= 0.6 is 0 Å². The highest BCUT2D eigenvalue weighted by atomic mass is 16.5. The third kappa shape index (κ3) is 3.13. The lowest BCUT2D eigenvalue weighted by Crippen LogP contribution is -2.02. The smallest absolute Gasteiger partial charge is 0.164 e. The first-order valence-corrected chi connectivity index (χ1v) is 6.06. The summed E-state index contributed by atoms with van der Waals surface area (Å²) in [6, 6.07) is 2.19. The second kappa shape index (κ2) is 6.50. The number of methoxy groups -OCH3 is 2. The van der Waals surface area contributed by atoms with Crippen LogP contribution in [-0.2, 0) is 6.42 Å². The lowest BCUT2D eigenvalue weighted by atomic mass is 9.98. The van der Waals surface area contributed by atoms with E-state index in [0.717, 1.165) is 42.9 Å². The molecule has 0 unspecified atom stereocenters. The monoisotopic (exact) mass is 237 g/mol. The average Bonchev–Trinajstić information content (AvgIpc) is 2.32. The van der Waals surface area contributed by atoms with Gasteiger partial charge in [0.05, 0.1) is 14.2 Å². The Labute approximate surface area is 104 Å². The van der Waals surface area contributed by atoms with Gasteiger partial charge in [0.1, 0.15) is 0 Å². The molecular formula is C14H23NO2. The van der Waals surface area contributed by atoms with Gasteiger partial charge in [-0.2, -0.15) is 0 Å². The van der Waals surface area contributed by atoms with Gasteiger partial charge in [-0.05, 0) is 56.3 Å². The molecule has 96 valence electrons. The molecule has 0 spiro atoms. The van der Waals surface area contributed by atoms with Crippen LogP contribution in [0.25, 0.3) is 0 Å². The fourth-order valence-electron chi connectivity index (χ4n) is 2.15. The Morgan fingerprint density at radius 3 is 2.24 bits per heavy atom. The highest BCUT2D eigenvalue weighted by molar-refractivity contribution is 5.54. The summed E-state index contributed by atoms with van der Waals surface area (Å²) in [6.07, 6.45) is 3.23. The summed E-state index contributed by atoms with van der Waals surface area (Å²) in [5.41, 5.74) is 9.14. The number of hydrogen-bond acceptors (Lipinski definition) is 3. The molecule has 0 aromatic heterocycles. The van der Waals surface area contributed by atoms with E-state index in [4.69, 9.17) is 15.2 Å². The number of hydrogen-bond donors (Lipinski definition) is 1. The van der Waals surface area contributed by atoms with Gasteiger partial charge in [-0.3, -0.25) is 0 Å². The van der Waals surface area contributed by atoms with E-state index in [1.807, 2.05) is 6.92 Å². The molecular weight excluding hydrogens is 214 g/mol. The normalized spacial score (nSPS) is 10.4. The second-order valence-corrected chi connectivity index (χ2v) is 4.29. The molecule has 1 rings (SSSR count). The van der Waals surface area contributed by atoms with Crippen LogP contribution < -0.4 is 15.2 Å². The highest BCUT2D eigenvalue weighted by Crippen LogP contribution is 2.36. The van der Waals surface area contributed by atoms with Crippen LogP contribution in [0.2, 0.25) is 0 Å². The molecule has 0 aliphatic heterocycles. The van der Waals surface area contributed by atoms with Crippen molar-refractivity contribution in [3.05, 3.63) is 22.8 Å². The van der Waals surface area contributed by atoms with Crippen LogP contribution in [0.3, 0.4) is 0 Å². The maximum absolute atomic E-state index is 5.52. The Morgan fingerprint density at radius 1 is 1.06 bits per heavy atom. The van der Waals surface area contributed by atoms with Crippen molar-refractivity contribution < 1.29 is 9.47 Å². The minimum atomic E-state index is 0.755. The van der Waals surface area contributed by atoms with Gasteiger partial charge < -0.3 is 15.2 Å². The Balaban J connectivity index is 3.03. The molecule has 1 aromatic carbocycles. The average molecular weight is 237 g/mol. The molecule has 0 amide bonds. The van der Waals surface area contributed by atoms with Gasteiger partial charge in [-0.15, -0.1) is 0 Å². The van der Waals surface area contributed by atoms with Crippen LogP contribution in [-0.4, -0.2) is 20.8 Å². The van der Waals surface area contributed by atoms with Gasteiger partial charge in [0, 0.05) is 0 Å². The molecule has 0 aliphatic rings. The Hall–Kier alpha value is -1.22. The van der Waals surface area contributed by atoms with Gasteiger partial charge >= 0.3 is 0 Å². The summed E-state index contributed by atoms with van der Waals surface area (Å²) < 4.78 is 10.8. The molecule has 0 fully saturated rings. The maximum Gasteiger partial charge on any atom is 0.164 e. The Morgan fingerprint density at radius 2 is 1.71 bits per heavy atom. The third-order valence-electron chi connectivity index (χ3n) is 3.09. The van der Waals surface area contributed by atoms with Crippen LogP contribution in [0.5, 0.6) is 11.5 Å². The summed E-state index contributed by atoms with van der Waals surface area (Å²) in [5, 5.41) is 0. The van der Waals surface area contributed by atoms with Crippen LogP contribution in [0.15, 0.2) is 6.07 Å². The van der Waals surface area contributed by atoms with Crippen molar-refractivity contribution in [2.75, 3.05) is 20.8 Å². The van der Waals surface area contributed by atoms with E-state index in [-0.39, 0.29) is 0 Å². The highest BCUT2D eigenvalue weighted by Gasteiger charge is 2.14. The number of ether oxygens (including phenoxy) is 2. The molecule has 3 heteroatoms. The quantitative estimate of drug-likeness (QED) is 0.773. The minimum absolute atomic E-state index is 0.755. The summed E-state index contributed by atoms with van der Waals surface area (Å²) in [4.78, 5) is 0. The first kappa shape index (κ1) is 13.8. The van der Waals surface area contributed by atoms with Crippen molar-refractivity contribution in [1.82, 2.24) is 0 Å². The minimum Gasteiger partial charge on any atom is -0.493 e. The molecule has 0 aliphatic carbocycles. The van der Waals surface area contributed by atoms with E-state index in [0.29, 0.717) is 0 Å². The second-order valence-electron chi connectivity index (χ2n) is 4.29. The predicted octanol–water partition coefficient (Wildman–Crippen LogP) is 2.60. The van der Waals surface area contributed by atoms with E-state index < -0.39 is 0 Å². The molecule has 1 aromatic rings. The van der Waals surface area contributed by atoms with E-state index in [1.54, 1.807) is 14.2 Å². The van der Waals surface area contributed by atoms with Gasteiger partial charge in [0.2, 0.25) is 0 Å². The predicted molar refractivity (Wildman–Crippen MR) is 71.0 cm³/mol. The standard InChI is InChI=1S/C14H23NO2/c1-10-9-12(7-5-6-8-15)11(2)14(17-4)13(10)16-3/h9H,5-8,15H2,1-4H3. The summed E-state index contributed by atoms with van der Waals surface area (Å²) in [7, 11) is 3.37. The zero-order chi connectivity index (χ0) is 12.8. The lowest BCUT2D eigenvalue weighted by molar-refractivity contribution is 0.350. The SMILES string of the molecule is COc1c(C)cc(CCCCN)c(C)c1OC. The third-order valence-corrected chi connectivity index (χ3v) is 3.09. The maximum atomic E-state index is 5.52. The fraction of sp³-hybridized carbons (Fsp3) is 0.571. The largest absolute Gasteiger partial charge is 0.493 e. The van der Waals surface area contributed by atoms with E-state index >= 15 is 0 Å². The van der Waals surface area contributed by atoms with Crippen molar-refractivity contribution in [2.45, 2.75) is 33.1 Å². The molecule has 0 atom stereocenters. The summed E-state index contributed by atoms with van der Waals surface area (Å²) in [5.74, 6) is 1.70. The van der Waals surface area contributed by atoms with Crippen molar-refractivity contribution in [2.24, 2.45) is 5.73 Å². The molecule has 2 N–H and O–H groups in total. The van der Waals surface area contributed by atoms with Crippen molar-refractivity contribution in [1.29, 1.82) is 0 Å². The molecule has 0 saturated carbocycles. The summed E-state index contributed by atoms with van der Waals surface area (Å²) in [6.45, 7) is 4.89. The van der Waals surface area contributed by atoms with Crippen LogP contribution in [0, 0.1) is 13.8 Å². The molecule has 0 bridgehead atoms. The first-order chi connectivity index (χ1) is 8.15. The van der Waals surface area contributed by atoms with Crippen molar-refractivity contribution in [3.8, 4) is 11.5 Å². The van der Waals surface area contributed by atoms with Crippen LogP contribution in [0.1, 0.15) is 29.5 Å². The molecule has 17 heavy (non-hydrogen) atoms. The number of aryl methyl sites for hydroxylation is 2. The molecule has 0 radical (unpaired) electrons. The molecule has 0 saturated heterocycles. The van der Waals surface area contributed by atoms with E-state index in [1.165, 1.54) is 11.1 Å². The molecule has 3 nitrogen and oxygen atoms in total. The van der Waals surface area contributed by atoms with Gasteiger partial charge in [0.15, 0.2) is 11.5 Å². The number of benzene rings is 1. The number of rotatable bonds is 6. The Kier molecular flexibility index (Phi) is 5.29. The van der Waals surface area contributed by atoms with Gasteiger partial charge in [-0.25, -0.2) is 0 Å². The zero-order valence-electron chi connectivity index (χ0n) is 11.3. The van der Waals surface area contributed by atoms with E-state index in [9.17, 15) is 0 Å². The Bertz CT molecular complexity index is 375. The number of unbranched alkanes of at least 4 members (excludes halogenated alkanes) is 1. The van der Waals surface area contributed by atoms with Crippen molar-refractivity contribution >= 4 is 0 Å². The van der Waals surface area contributed by atoms with E-state index in [2.05, 4.69) is 13.0 Å². The van der Waals surface area contributed by atoms with Crippen LogP contribution in [0.4, 0.5) is 0 Å². The lowest BCUT2D eigenvalue weighted by Gasteiger charge is -2.16. The topological polar surface area (TPSA) is 44.5 Å².